The Balaban J connectivity index is 2.05. The monoisotopic (exact) mass is 280 g/mol. The first-order valence-electron chi connectivity index (χ1n) is 5.99. The molecule has 0 atom stereocenters. The SMILES string of the molecule is CC(C)CSCc1noc(-c2ccc(O)c(O)c2)n1. The highest BCUT2D eigenvalue weighted by atomic mass is 32.2. The second-order valence-electron chi connectivity index (χ2n) is 4.63. The van der Waals surface area contributed by atoms with Crippen LogP contribution in [0, 0.1) is 5.92 Å². The van der Waals surface area contributed by atoms with Gasteiger partial charge in [-0.25, -0.2) is 0 Å². The third-order valence-corrected chi connectivity index (χ3v) is 3.74. The molecule has 0 aliphatic heterocycles. The average Bonchev–Trinajstić information content (AvgIpc) is 2.81. The van der Waals surface area contributed by atoms with Crippen LogP contribution in [0.1, 0.15) is 19.7 Å². The van der Waals surface area contributed by atoms with E-state index < -0.39 is 0 Å². The minimum absolute atomic E-state index is 0.170. The van der Waals surface area contributed by atoms with Crippen LogP contribution >= 0.6 is 11.8 Å². The van der Waals surface area contributed by atoms with Gasteiger partial charge in [0.15, 0.2) is 17.3 Å². The van der Waals surface area contributed by atoms with Crippen molar-refractivity contribution in [1.29, 1.82) is 0 Å². The number of hydrogen-bond acceptors (Lipinski definition) is 6. The molecule has 1 aromatic carbocycles. The van der Waals surface area contributed by atoms with E-state index in [1.54, 1.807) is 17.8 Å². The van der Waals surface area contributed by atoms with Crippen molar-refractivity contribution in [2.24, 2.45) is 5.92 Å². The number of aromatic hydroxyl groups is 2. The molecule has 0 saturated heterocycles. The van der Waals surface area contributed by atoms with Crippen LogP contribution in [0.15, 0.2) is 22.7 Å². The lowest BCUT2D eigenvalue weighted by atomic mass is 10.2. The van der Waals surface area contributed by atoms with Gasteiger partial charge in [0.2, 0.25) is 0 Å². The Morgan fingerprint density at radius 1 is 1.26 bits per heavy atom. The number of hydrogen-bond donors (Lipinski definition) is 2. The number of thioether (sulfide) groups is 1. The summed E-state index contributed by atoms with van der Waals surface area (Å²) >= 11 is 1.75. The van der Waals surface area contributed by atoms with Crippen LogP contribution < -0.4 is 0 Å². The number of phenols is 2. The van der Waals surface area contributed by atoms with E-state index in [1.165, 1.54) is 12.1 Å². The highest BCUT2D eigenvalue weighted by Crippen LogP contribution is 2.29. The molecule has 0 unspecified atom stereocenters. The van der Waals surface area contributed by atoms with E-state index in [1.807, 2.05) is 0 Å². The van der Waals surface area contributed by atoms with Gasteiger partial charge in [0.25, 0.3) is 5.89 Å². The van der Waals surface area contributed by atoms with Gasteiger partial charge < -0.3 is 14.7 Å². The first-order valence-corrected chi connectivity index (χ1v) is 7.14. The molecule has 0 amide bonds. The molecule has 6 heteroatoms. The molecule has 1 aromatic heterocycles. The summed E-state index contributed by atoms with van der Waals surface area (Å²) in [4.78, 5) is 4.26. The summed E-state index contributed by atoms with van der Waals surface area (Å²) in [5.41, 5.74) is 0.586. The molecule has 2 rings (SSSR count). The van der Waals surface area contributed by atoms with Gasteiger partial charge in [0.1, 0.15) is 0 Å². The fourth-order valence-corrected chi connectivity index (χ4v) is 2.36. The van der Waals surface area contributed by atoms with Gasteiger partial charge in [0.05, 0.1) is 5.75 Å². The number of nitrogens with zero attached hydrogens (tertiary/aromatic N) is 2. The highest BCUT2D eigenvalue weighted by Gasteiger charge is 2.11. The third-order valence-electron chi connectivity index (χ3n) is 2.37. The fourth-order valence-electron chi connectivity index (χ4n) is 1.47. The minimum atomic E-state index is -0.202. The van der Waals surface area contributed by atoms with Crippen LogP contribution in [0.4, 0.5) is 0 Å². The predicted molar refractivity (Wildman–Crippen MR) is 74.1 cm³/mol. The molecule has 0 aliphatic rings. The standard InChI is InChI=1S/C13H16N2O3S/c1-8(2)6-19-7-12-14-13(18-15-12)9-3-4-10(16)11(17)5-9/h3-5,8,16-17H,6-7H2,1-2H3. The quantitative estimate of drug-likeness (QED) is 0.819. The van der Waals surface area contributed by atoms with Crippen molar-refractivity contribution in [1.82, 2.24) is 10.1 Å². The van der Waals surface area contributed by atoms with Crippen molar-refractivity contribution in [3.8, 4) is 23.0 Å². The van der Waals surface area contributed by atoms with Crippen LogP contribution in [0.5, 0.6) is 11.5 Å². The van der Waals surface area contributed by atoms with Crippen LogP contribution in [0.2, 0.25) is 0 Å². The number of phenolic OH excluding ortho intramolecular Hbond substituents is 2. The Bertz CT molecular complexity index is 555. The Kier molecular flexibility index (Phi) is 4.31. The molecular formula is C13H16N2O3S. The predicted octanol–water partition coefficient (Wildman–Crippen LogP) is 3.04. The molecule has 5 nitrogen and oxygen atoms in total. The summed E-state index contributed by atoms with van der Waals surface area (Å²) in [7, 11) is 0. The zero-order valence-electron chi connectivity index (χ0n) is 10.8. The average molecular weight is 280 g/mol. The van der Waals surface area contributed by atoms with E-state index in [4.69, 9.17) is 4.52 Å². The molecule has 0 saturated carbocycles. The molecule has 0 bridgehead atoms. The van der Waals surface area contributed by atoms with Gasteiger partial charge >= 0.3 is 0 Å². The summed E-state index contributed by atoms with van der Waals surface area (Å²) in [6.45, 7) is 4.32. The molecule has 0 aliphatic carbocycles. The first-order chi connectivity index (χ1) is 9.06. The third kappa shape index (κ3) is 3.64. The topological polar surface area (TPSA) is 79.4 Å². The van der Waals surface area contributed by atoms with Gasteiger partial charge in [-0.1, -0.05) is 19.0 Å². The van der Waals surface area contributed by atoms with Crippen molar-refractivity contribution in [2.45, 2.75) is 19.6 Å². The van der Waals surface area contributed by atoms with E-state index in [-0.39, 0.29) is 11.5 Å². The Morgan fingerprint density at radius 2 is 2.05 bits per heavy atom. The van der Waals surface area contributed by atoms with Crippen molar-refractivity contribution < 1.29 is 14.7 Å². The Morgan fingerprint density at radius 3 is 2.74 bits per heavy atom. The second-order valence-corrected chi connectivity index (χ2v) is 5.66. The smallest absolute Gasteiger partial charge is 0.258 e. The molecule has 19 heavy (non-hydrogen) atoms. The number of benzene rings is 1. The number of aromatic nitrogens is 2. The first kappa shape index (κ1) is 13.7. The molecule has 0 fully saturated rings. The van der Waals surface area contributed by atoms with Crippen LogP contribution in [-0.2, 0) is 5.75 Å². The van der Waals surface area contributed by atoms with E-state index in [2.05, 4.69) is 24.0 Å². The molecule has 102 valence electrons. The van der Waals surface area contributed by atoms with E-state index >= 15 is 0 Å². The van der Waals surface area contributed by atoms with E-state index in [9.17, 15) is 10.2 Å². The van der Waals surface area contributed by atoms with Crippen molar-refractivity contribution in [3.63, 3.8) is 0 Å². The summed E-state index contributed by atoms with van der Waals surface area (Å²) < 4.78 is 5.14. The summed E-state index contributed by atoms with van der Waals surface area (Å²) in [6, 6.07) is 4.41. The van der Waals surface area contributed by atoms with Crippen LogP contribution in [0.25, 0.3) is 11.5 Å². The normalized spacial score (nSPS) is 11.1. The van der Waals surface area contributed by atoms with Crippen LogP contribution in [-0.4, -0.2) is 26.1 Å². The molecule has 0 spiro atoms. The maximum Gasteiger partial charge on any atom is 0.258 e. The van der Waals surface area contributed by atoms with Gasteiger partial charge in [-0.05, 0) is 29.9 Å². The highest BCUT2D eigenvalue weighted by molar-refractivity contribution is 7.98. The van der Waals surface area contributed by atoms with Crippen molar-refractivity contribution >= 4 is 11.8 Å². The lowest BCUT2D eigenvalue weighted by Crippen LogP contribution is -1.92. The maximum absolute atomic E-state index is 9.43. The van der Waals surface area contributed by atoms with Crippen molar-refractivity contribution in [3.05, 3.63) is 24.0 Å². The number of rotatable bonds is 5. The summed E-state index contributed by atoms with van der Waals surface area (Å²) in [5, 5.41) is 22.6. The lowest BCUT2D eigenvalue weighted by Gasteiger charge is -2.00. The molecule has 1 heterocycles. The summed E-state index contributed by atoms with van der Waals surface area (Å²) in [6.07, 6.45) is 0. The maximum atomic E-state index is 9.43. The largest absolute Gasteiger partial charge is 0.504 e. The Hall–Kier alpha value is -1.69. The lowest BCUT2D eigenvalue weighted by molar-refractivity contribution is 0.402. The van der Waals surface area contributed by atoms with Crippen LogP contribution in [0.3, 0.4) is 0 Å². The van der Waals surface area contributed by atoms with Gasteiger partial charge in [-0.15, -0.1) is 0 Å². The molecule has 0 radical (unpaired) electrons. The van der Waals surface area contributed by atoms with Gasteiger partial charge in [0, 0.05) is 5.56 Å². The van der Waals surface area contributed by atoms with Crippen molar-refractivity contribution in [2.75, 3.05) is 5.75 Å². The van der Waals surface area contributed by atoms with E-state index in [0.29, 0.717) is 28.9 Å². The minimum Gasteiger partial charge on any atom is -0.504 e. The molecule has 2 N–H and O–H groups in total. The van der Waals surface area contributed by atoms with Gasteiger partial charge in [-0.2, -0.15) is 16.7 Å². The van der Waals surface area contributed by atoms with Gasteiger partial charge in [-0.3, -0.25) is 0 Å². The van der Waals surface area contributed by atoms with E-state index in [0.717, 1.165) is 5.75 Å². The zero-order chi connectivity index (χ0) is 13.8. The summed E-state index contributed by atoms with van der Waals surface area (Å²) in [5.74, 6) is 2.98. The second kappa shape index (κ2) is 5.97. The Labute approximate surface area is 115 Å². The molecule has 2 aromatic rings. The zero-order valence-corrected chi connectivity index (χ0v) is 11.6. The molecular weight excluding hydrogens is 264 g/mol. The fraction of sp³-hybridized carbons (Fsp3) is 0.385.